The second-order valence-electron chi connectivity index (χ2n) is 3.68. The SMILES string of the molecule is CCC(CC)CNc1nc(NN)nc(OC)n1. The monoisotopic (exact) mass is 240 g/mol. The van der Waals surface area contributed by atoms with Crippen molar-refractivity contribution in [3.8, 4) is 6.01 Å². The van der Waals surface area contributed by atoms with E-state index in [1.165, 1.54) is 7.11 Å². The fraction of sp³-hybridized carbons (Fsp3) is 0.700. The number of ether oxygens (including phenoxy) is 1. The Hall–Kier alpha value is -1.63. The lowest BCUT2D eigenvalue weighted by Gasteiger charge is -2.13. The molecular formula is C10H20N6O. The second-order valence-corrected chi connectivity index (χ2v) is 3.68. The van der Waals surface area contributed by atoms with Crippen molar-refractivity contribution in [3.05, 3.63) is 0 Å². The van der Waals surface area contributed by atoms with Gasteiger partial charge < -0.3 is 10.1 Å². The number of nitrogens with zero attached hydrogens (tertiary/aromatic N) is 3. The van der Waals surface area contributed by atoms with Gasteiger partial charge in [-0.15, -0.1) is 0 Å². The van der Waals surface area contributed by atoms with Gasteiger partial charge >= 0.3 is 6.01 Å². The van der Waals surface area contributed by atoms with Crippen molar-refractivity contribution in [2.75, 3.05) is 24.4 Å². The molecule has 1 rings (SSSR count). The summed E-state index contributed by atoms with van der Waals surface area (Å²) in [6.07, 6.45) is 2.24. The first-order valence-corrected chi connectivity index (χ1v) is 5.74. The van der Waals surface area contributed by atoms with Gasteiger partial charge in [0.2, 0.25) is 11.9 Å². The minimum Gasteiger partial charge on any atom is -0.467 e. The Morgan fingerprint density at radius 1 is 1.18 bits per heavy atom. The van der Waals surface area contributed by atoms with Crippen molar-refractivity contribution in [1.29, 1.82) is 0 Å². The summed E-state index contributed by atoms with van der Waals surface area (Å²) in [4.78, 5) is 12.1. The Morgan fingerprint density at radius 3 is 2.35 bits per heavy atom. The van der Waals surface area contributed by atoms with Crippen molar-refractivity contribution in [3.63, 3.8) is 0 Å². The van der Waals surface area contributed by atoms with Gasteiger partial charge in [0.1, 0.15) is 0 Å². The Balaban J connectivity index is 2.69. The van der Waals surface area contributed by atoms with E-state index in [4.69, 9.17) is 10.6 Å². The number of nitrogens with two attached hydrogens (primary N) is 1. The van der Waals surface area contributed by atoms with Crippen LogP contribution >= 0.6 is 0 Å². The normalized spacial score (nSPS) is 10.4. The summed E-state index contributed by atoms with van der Waals surface area (Å²) < 4.78 is 4.96. The Kier molecular flexibility index (Phi) is 5.41. The lowest BCUT2D eigenvalue weighted by molar-refractivity contribution is 0.379. The summed E-state index contributed by atoms with van der Waals surface area (Å²) in [5, 5.41) is 3.16. The number of hydrogen-bond donors (Lipinski definition) is 3. The zero-order valence-corrected chi connectivity index (χ0v) is 10.5. The van der Waals surface area contributed by atoms with Crippen LogP contribution in [0.2, 0.25) is 0 Å². The third-order valence-electron chi connectivity index (χ3n) is 2.63. The molecule has 0 radical (unpaired) electrons. The minimum absolute atomic E-state index is 0.236. The van der Waals surface area contributed by atoms with Gasteiger partial charge in [-0.3, -0.25) is 5.43 Å². The van der Waals surface area contributed by atoms with Crippen LogP contribution in [0.4, 0.5) is 11.9 Å². The molecule has 0 atom stereocenters. The lowest BCUT2D eigenvalue weighted by Crippen LogP contribution is -2.17. The predicted octanol–water partition coefficient (Wildman–Crippen LogP) is 1.01. The van der Waals surface area contributed by atoms with E-state index in [9.17, 15) is 0 Å². The van der Waals surface area contributed by atoms with Crippen LogP contribution in [0.5, 0.6) is 6.01 Å². The van der Waals surface area contributed by atoms with Gasteiger partial charge in [-0.25, -0.2) is 5.84 Å². The summed E-state index contributed by atoms with van der Waals surface area (Å²) in [6, 6.07) is 0.236. The molecule has 4 N–H and O–H groups in total. The topological polar surface area (TPSA) is 98.0 Å². The van der Waals surface area contributed by atoms with E-state index in [-0.39, 0.29) is 12.0 Å². The fourth-order valence-electron chi connectivity index (χ4n) is 1.40. The third-order valence-corrected chi connectivity index (χ3v) is 2.63. The molecule has 0 aromatic carbocycles. The van der Waals surface area contributed by atoms with Crippen LogP contribution < -0.4 is 21.3 Å². The van der Waals surface area contributed by atoms with Crippen LogP contribution in [0, 0.1) is 5.92 Å². The number of aromatic nitrogens is 3. The van der Waals surface area contributed by atoms with Gasteiger partial charge in [0.25, 0.3) is 0 Å². The molecule has 7 nitrogen and oxygen atoms in total. The van der Waals surface area contributed by atoms with Crippen molar-refractivity contribution in [2.24, 2.45) is 11.8 Å². The van der Waals surface area contributed by atoms with E-state index >= 15 is 0 Å². The quantitative estimate of drug-likeness (QED) is 0.483. The summed E-state index contributed by atoms with van der Waals surface area (Å²) in [5.74, 6) is 6.62. The molecule has 0 fully saturated rings. The zero-order chi connectivity index (χ0) is 12.7. The average molecular weight is 240 g/mol. The predicted molar refractivity (Wildman–Crippen MR) is 66.8 cm³/mol. The summed E-state index contributed by atoms with van der Waals surface area (Å²) in [6.45, 7) is 5.15. The first-order valence-electron chi connectivity index (χ1n) is 5.74. The number of methoxy groups -OCH3 is 1. The highest BCUT2D eigenvalue weighted by Crippen LogP contribution is 2.12. The maximum absolute atomic E-state index is 5.26. The molecule has 7 heteroatoms. The van der Waals surface area contributed by atoms with Gasteiger partial charge in [-0.2, -0.15) is 15.0 Å². The Morgan fingerprint density at radius 2 is 1.82 bits per heavy atom. The third kappa shape index (κ3) is 4.03. The molecule has 0 aliphatic heterocycles. The summed E-state index contributed by atoms with van der Waals surface area (Å²) in [5.41, 5.74) is 2.38. The smallest absolute Gasteiger partial charge is 0.322 e. The molecule has 0 spiro atoms. The highest BCUT2D eigenvalue weighted by atomic mass is 16.5. The van der Waals surface area contributed by atoms with E-state index in [1.807, 2.05) is 0 Å². The molecule has 0 aliphatic rings. The second kappa shape index (κ2) is 6.85. The van der Waals surface area contributed by atoms with Crippen LogP contribution in [-0.2, 0) is 0 Å². The first kappa shape index (κ1) is 13.4. The molecule has 0 saturated carbocycles. The number of nitrogen functional groups attached to an aromatic ring is 1. The number of rotatable bonds is 7. The highest BCUT2D eigenvalue weighted by Gasteiger charge is 2.08. The van der Waals surface area contributed by atoms with Gasteiger partial charge in [-0.1, -0.05) is 26.7 Å². The molecule has 0 saturated heterocycles. The van der Waals surface area contributed by atoms with Crippen LogP contribution in [0.3, 0.4) is 0 Å². The summed E-state index contributed by atoms with van der Waals surface area (Å²) in [7, 11) is 1.50. The molecule has 0 unspecified atom stereocenters. The average Bonchev–Trinajstić information content (AvgIpc) is 2.39. The molecule has 1 aromatic rings. The molecule has 1 heterocycles. The van der Waals surface area contributed by atoms with E-state index < -0.39 is 0 Å². The van der Waals surface area contributed by atoms with Crippen LogP contribution in [-0.4, -0.2) is 28.6 Å². The zero-order valence-electron chi connectivity index (χ0n) is 10.5. The summed E-state index contributed by atoms with van der Waals surface area (Å²) >= 11 is 0. The number of hydrogen-bond acceptors (Lipinski definition) is 7. The van der Waals surface area contributed by atoms with E-state index in [1.54, 1.807) is 0 Å². The number of hydrazine groups is 1. The standard InChI is InChI=1S/C10H20N6O/c1-4-7(5-2)6-12-8-13-9(16-11)15-10(14-8)17-3/h7H,4-6,11H2,1-3H3,(H2,12,13,14,15,16). The number of anilines is 2. The van der Waals surface area contributed by atoms with Gasteiger partial charge in [0.15, 0.2) is 0 Å². The first-order chi connectivity index (χ1) is 8.23. The molecule has 0 bridgehead atoms. The largest absolute Gasteiger partial charge is 0.467 e. The maximum Gasteiger partial charge on any atom is 0.322 e. The Bertz CT molecular complexity index is 319. The molecule has 17 heavy (non-hydrogen) atoms. The van der Waals surface area contributed by atoms with Crippen LogP contribution in [0.25, 0.3) is 0 Å². The lowest BCUT2D eigenvalue weighted by atomic mass is 10.0. The van der Waals surface area contributed by atoms with Gasteiger partial charge in [0.05, 0.1) is 7.11 Å². The van der Waals surface area contributed by atoms with Crippen molar-refractivity contribution < 1.29 is 4.74 Å². The van der Waals surface area contributed by atoms with Crippen LogP contribution in [0.1, 0.15) is 26.7 Å². The molecule has 1 aromatic heterocycles. The Labute approximate surface area is 101 Å². The molecule has 96 valence electrons. The molecule has 0 amide bonds. The maximum atomic E-state index is 5.26. The fourth-order valence-corrected chi connectivity index (χ4v) is 1.40. The number of nitrogens with one attached hydrogen (secondary N) is 2. The van der Waals surface area contributed by atoms with E-state index in [2.05, 4.69) is 39.5 Å². The highest BCUT2D eigenvalue weighted by molar-refractivity contribution is 5.34. The van der Waals surface area contributed by atoms with Crippen molar-refractivity contribution in [2.45, 2.75) is 26.7 Å². The van der Waals surface area contributed by atoms with Gasteiger partial charge in [-0.05, 0) is 5.92 Å². The van der Waals surface area contributed by atoms with Crippen molar-refractivity contribution >= 4 is 11.9 Å². The van der Waals surface area contributed by atoms with E-state index in [0.717, 1.165) is 19.4 Å². The minimum atomic E-state index is 0.236. The van der Waals surface area contributed by atoms with Crippen LogP contribution in [0.15, 0.2) is 0 Å². The van der Waals surface area contributed by atoms with E-state index in [0.29, 0.717) is 11.9 Å². The molecule has 0 aliphatic carbocycles. The molecular weight excluding hydrogens is 220 g/mol. The van der Waals surface area contributed by atoms with Crippen molar-refractivity contribution in [1.82, 2.24) is 15.0 Å². The van der Waals surface area contributed by atoms with Gasteiger partial charge in [0, 0.05) is 6.54 Å².